The van der Waals surface area contributed by atoms with E-state index in [0.29, 0.717) is 15.3 Å². The minimum absolute atomic E-state index is 0.396. The molecule has 0 aliphatic rings. The van der Waals surface area contributed by atoms with Crippen LogP contribution in [0.15, 0.2) is 52.2 Å². The van der Waals surface area contributed by atoms with Crippen molar-refractivity contribution in [3.63, 3.8) is 0 Å². The highest BCUT2D eigenvalue weighted by molar-refractivity contribution is 7.17. The Morgan fingerprint density at radius 2 is 2.00 bits per heavy atom. The van der Waals surface area contributed by atoms with Gasteiger partial charge in [0, 0.05) is 11.8 Å². The topological polar surface area (TPSA) is 74.6 Å². The number of nitrogens with zero attached hydrogens (tertiary/aromatic N) is 1. The van der Waals surface area contributed by atoms with Crippen molar-refractivity contribution in [3.8, 4) is 0 Å². The molecule has 0 saturated heterocycles. The fourth-order valence-corrected chi connectivity index (χ4v) is 3.19. The molecule has 1 atom stereocenters. The Bertz CT molecular complexity index is 951. The summed E-state index contributed by atoms with van der Waals surface area (Å²) < 4.78 is 1.36. The third-order valence-corrected chi connectivity index (χ3v) is 4.63. The van der Waals surface area contributed by atoms with E-state index < -0.39 is 17.4 Å². The normalized spacial score (nSPS) is 13.0. The van der Waals surface area contributed by atoms with Crippen LogP contribution in [0.3, 0.4) is 0 Å². The summed E-state index contributed by atoms with van der Waals surface area (Å²) in [4.78, 5) is 26.8. The van der Waals surface area contributed by atoms with E-state index in [1.165, 1.54) is 15.7 Å². The third-order valence-electron chi connectivity index (χ3n) is 3.35. The maximum atomic E-state index is 11.8. The average molecular weight is 314 g/mol. The van der Waals surface area contributed by atoms with Gasteiger partial charge in [-0.1, -0.05) is 42.5 Å². The van der Waals surface area contributed by atoms with Crippen molar-refractivity contribution >= 4 is 22.2 Å². The van der Waals surface area contributed by atoms with Crippen molar-refractivity contribution in [2.75, 3.05) is 0 Å². The van der Waals surface area contributed by atoms with E-state index in [0.717, 1.165) is 5.56 Å². The van der Waals surface area contributed by atoms with E-state index in [1.807, 2.05) is 36.4 Å². The number of hydrogen-bond donors (Lipinski definition) is 2. The van der Waals surface area contributed by atoms with Gasteiger partial charge in [-0.2, -0.15) is 0 Å². The van der Waals surface area contributed by atoms with Crippen LogP contribution in [0.1, 0.15) is 22.1 Å². The Labute approximate surface area is 129 Å². The summed E-state index contributed by atoms with van der Waals surface area (Å²) in [5, 5.41) is 10.3. The molecule has 3 aromatic rings. The Kier molecular flexibility index (Phi) is 3.79. The first-order valence-corrected chi connectivity index (χ1v) is 7.54. The molecule has 1 unspecified atom stereocenters. The van der Waals surface area contributed by atoms with Crippen LogP contribution in [0.25, 0.3) is 10.9 Å². The number of fused-ring (bicyclic) bond motifs is 1. The van der Waals surface area contributed by atoms with E-state index in [2.05, 4.69) is 4.98 Å². The molecule has 0 fully saturated rings. The molecule has 22 heavy (non-hydrogen) atoms. The van der Waals surface area contributed by atoms with Crippen molar-refractivity contribution in [1.29, 1.82) is 0 Å². The molecule has 0 amide bonds. The lowest BCUT2D eigenvalue weighted by Crippen LogP contribution is -2.26. The molecule has 2 heterocycles. The van der Waals surface area contributed by atoms with E-state index in [4.69, 9.17) is 0 Å². The van der Waals surface area contributed by atoms with Crippen LogP contribution in [-0.2, 0) is 0 Å². The number of aromatic nitrogens is 2. The van der Waals surface area contributed by atoms with Gasteiger partial charge in [-0.25, -0.2) is 4.79 Å². The van der Waals surface area contributed by atoms with Crippen LogP contribution in [0.2, 0.25) is 0 Å². The summed E-state index contributed by atoms with van der Waals surface area (Å²) in [6, 6.07) is 9.62. The van der Waals surface area contributed by atoms with E-state index >= 15 is 0 Å². The van der Waals surface area contributed by atoms with Gasteiger partial charge in [-0.15, -0.1) is 11.3 Å². The predicted molar refractivity (Wildman–Crippen MR) is 87.3 cm³/mol. The van der Waals surface area contributed by atoms with Gasteiger partial charge in [0.15, 0.2) is 0 Å². The number of H-pyrrole nitrogens is 1. The molecule has 0 spiro atoms. The minimum atomic E-state index is -0.834. The van der Waals surface area contributed by atoms with Gasteiger partial charge in [-0.05, 0) is 12.5 Å². The summed E-state index contributed by atoms with van der Waals surface area (Å²) in [7, 11) is 0. The first kappa shape index (κ1) is 14.5. The van der Waals surface area contributed by atoms with Gasteiger partial charge in [-0.3, -0.25) is 14.2 Å². The number of aliphatic hydroxyl groups excluding tert-OH is 1. The molecule has 2 aromatic heterocycles. The standard InChI is InChI=1S/C16H14N2O3S/c1-10-14(20)17-16(21)18-9-13(22-15(10)18)12(19)8-7-11-5-3-2-4-6-11/h2-9,12,19H,1H3,(H,17,20,21). The molecule has 0 radical (unpaired) electrons. The number of rotatable bonds is 3. The third kappa shape index (κ3) is 2.66. The lowest BCUT2D eigenvalue weighted by Gasteiger charge is -2.00. The second-order valence-electron chi connectivity index (χ2n) is 4.91. The number of aromatic amines is 1. The number of hydrogen-bond acceptors (Lipinski definition) is 4. The van der Waals surface area contributed by atoms with Crippen LogP contribution >= 0.6 is 11.3 Å². The average Bonchev–Trinajstić information content (AvgIpc) is 2.97. The number of aliphatic hydroxyl groups is 1. The zero-order valence-corrected chi connectivity index (χ0v) is 12.6. The van der Waals surface area contributed by atoms with Gasteiger partial charge in [0.1, 0.15) is 10.9 Å². The zero-order valence-electron chi connectivity index (χ0n) is 11.8. The molecular formula is C16H14N2O3S. The smallest absolute Gasteiger partial charge is 0.333 e. The maximum Gasteiger partial charge on any atom is 0.333 e. The Morgan fingerprint density at radius 1 is 1.27 bits per heavy atom. The molecule has 6 heteroatoms. The maximum absolute atomic E-state index is 11.8. The second-order valence-corrected chi connectivity index (χ2v) is 5.97. The summed E-state index contributed by atoms with van der Waals surface area (Å²) in [6.45, 7) is 1.65. The lowest BCUT2D eigenvalue weighted by molar-refractivity contribution is 0.233. The van der Waals surface area contributed by atoms with Gasteiger partial charge in [0.25, 0.3) is 5.56 Å². The van der Waals surface area contributed by atoms with E-state index in [9.17, 15) is 14.7 Å². The molecule has 3 rings (SSSR count). The molecule has 0 saturated carbocycles. The van der Waals surface area contributed by atoms with Gasteiger partial charge in [0.2, 0.25) is 0 Å². The quantitative estimate of drug-likeness (QED) is 0.777. The van der Waals surface area contributed by atoms with Crippen molar-refractivity contribution < 1.29 is 5.11 Å². The Balaban J connectivity index is 1.98. The van der Waals surface area contributed by atoms with Crippen LogP contribution in [-0.4, -0.2) is 14.5 Å². The summed E-state index contributed by atoms with van der Waals surface area (Å²) in [5.41, 5.74) is 0.557. The van der Waals surface area contributed by atoms with Crippen LogP contribution in [0, 0.1) is 6.92 Å². The first-order chi connectivity index (χ1) is 10.6. The summed E-state index contributed by atoms with van der Waals surface area (Å²) >= 11 is 1.24. The largest absolute Gasteiger partial charge is 0.383 e. The summed E-state index contributed by atoms with van der Waals surface area (Å²) in [5.74, 6) is 0. The number of aryl methyl sites for hydroxylation is 1. The molecule has 2 N–H and O–H groups in total. The monoisotopic (exact) mass is 314 g/mol. The van der Waals surface area contributed by atoms with Gasteiger partial charge in [0.05, 0.1) is 4.88 Å². The molecular weight excluding hydrogens is 300 g/mol. The zero-order chi connectivity index (χ0) is 15.7. The second kappa shape index (κ2) is 5.75. The molecule has 112 valence electrons. The molecule has 0 bridgehead atoms. The number of thiazole rings is 1. The highest BCUT2D eigenvalue weighted by atomic mass is 32.1. The van der Waals surface area contributed by atoms with Crippen molar-refractivity contribution in [3.05, 3.63) is 79.4 Å². The highest BCUT2D eigenvalue weighted by Gasteiger charge is 2.13. The molecule has 1 aromatic carbocycles. The van der Waals surface area contributed by atoms with E-state index in [-0.39, 0.29) is 0 Å². The SMILES string of the molecule is Cc1c(=O)[nH]c(=O)n2cc(C(O)C=Cc3ccccc3)sc12. The minimum Gasteiger partial charge on any atom is -0.383 e. The lowest BCUT2D eigenvalue weighted by atomic mass is 10.2. The van der Waals surface area contributed by atoms with E-state index in [1.54, 1.807) is 19.2 Å². The molecule has 5 nitrogen and oxygen atoms in total. The van der Waals surface area contributed by atoms with Crippen molar-refractivity contribution in [2.45, 2.75) is 13.0 Å². The highest BCUT2D eigenvalue weighted by Crippen LogP contribution is 2.25. The van der Waals surface area contributed by atoms with Crippen LogP contribution in [0.5, 0.6) is 0 Å². The molecule has 0 aliphatic heterocycles. The molecule has 0 aliphatic carbocycles. The van der Waals surface area contributed by atoms with Crippen molar-refractivity contribution in [1.82, 2.24) is 9.38 Å². The van der Waals surface area contributed by atoms with Gasteiger partial charge < -0.3 is 5.11 Å². The van der Waals surface area contributed by atoms with Crippen LogP contribution in [0.4, 0.5) is 0 Å². The van der Waals surface area contributed by atoms with Gasteiger partial charge >= 0.3 is 5.69 Å². The predicted octanol–water partition coefficient (Wildman–Crippen LogP) is 2.10. The summed E-state index contributed by atoms with van der Waals surface area (Å²) in [6.07, 6.45) is 4.20. The number of nitrogens with one attached hydrogen (secondary N) is 1. The fraction of sp³-hybridized carbons (Fsp3) is 0.125. The Hall–Kier alpha value is -2.44. The Morgan fingerprint density at radius 3 is 2.73 bits per heavy atom. The van der Waals surface area contributed by atoms with Crippen LogP contribution < -0.4 is 11.2 Å². The fourth-order valence-electron chi connectivity index (χ4n) is 2.13. The first-order valence-electron chi connectivity index (χ1n) is 6.72. The number of benzene rings is 1. The van der Waals surface area contributed by atoms with Crippen molar-refractivity contribution in [2.24, 2.45) is 0 Å².